The standard InChI is InChI=1S/C10H14BN2O3/c1-11-13-4-3-8(5-13)10(15)12-9(6-14)7-16-2/h3-6,9H,7H2,1-2H3,(H,12,15). The van der Waals surface area contributed by atoms with Gasteiger partial charge in [0, 0.05) is 13.3 Å². The fourth-order valence-electron chi connectivity index (χ4n) is 1.25. The number of carbonyl (C=O) groups is 2. The van der Waals surface area contributed by atoms with Gasteiger partial charge in [0.2, 0.25) is 7.41 Å². The molecular formula is C10H14BN2O3. The molecule has 0 fully saturated rings. The van der Waals surface area contributed by atoms with Crippen molar-refractivity contribution in [1.29, 1.82) is 0 Å². The molecule has 1 unspecified atom stereocenters. The van der Waals surface area contributed by atoms with Crippen molar-refractivity contribution in [2.75, 3.05) is 13.7 Å². The van der Waals surface area contributed by atoms with Crippen LogP contribution in [0.2, 0.25) is 6.82 Å². The number of methoxy groups -OCH3 is 1. The van der Waals surface area contributed by atoms with Gasteiger partial charge in [0.15, 0.2) is 0 Å². The van der Waals surface area contributed by atoms with Crippen molar-refractivity contribution in [2.45, 2.75) is 12.9 Å². The van der Waals surface area contributed by atoms with Gasteiger partial charge in [0.05, 0.1) is 12.2 Å². The summed E-state index contributed by atoms with van der Waals surface area (Å²) in [5.41, 5.74) is 0.515. The molecule has 1 N–H and O–H groups in total. The van der Waals surface area contributed by atoms with Crippen LogP contribution in [-0.2, 0) is 9.53 Å². The summed E-state index contributed by atoms with van der Waals surface area (Å²) >= 11 is 0. The van der Waals surface area contributed by atoms with Crippen LogP contribution in [0.5, 0.6) is 0 Å². The van der Waals surface area contributed by atoms with Gasteiger partial charge in [-0.05, 0) is 12.3 Å². The minimum Gasteiger partial charge on any atom is -0.402 e. The number of hydrogen-bond acceptors (Lipinski definition) is 3. The van der Waals surface area contributed by atoms with Gasteiger partial charge in [0.25, 0.3) is 5.91 Å². The van der Waals surface area contributed by atoms with E-state index in [0.717, 1.165) is 0 Å². The molecule has 16 heavy (non-hydrogen) atoms. The van der Waals surface area contributed by atoms with Crippen LogP contribution in [-0.4, -0.2) is 43.8 Å². The quantitative estimate of drug-likeness (QED) is 0.541. The Bertz CT molecular complexity index is 365. The number of aldehydes is 1. The molecule has 0 saturated heterocycles. The van der Waals surface area contributed by atoms with Crippen LogP contribution < -0.4 is 5.32 Å². The van der Waals surface area contributed by atoms with Crippen LogP contribution in [0.25, 0.3) is 0 Å². The molecule has 0 spiro atoms. The molecule has 0 aliphatic rings. The third-order valence-corrected chi connectivity index (χ3v) is 2.10. The highest BCUT2D eigenvalue weighted by atomic mass is 16.5. The first-order chi connectivity index (χ1) is 7.71. The summed E-state index contributed by atoms with van der Waals surface area (Å²) in [4.78, 5) is 22.3. The lowest BCUT2D eigenvalue weighted by Crippen LogP contribution is -2.39. The van der Waals surface area contributed by atoms with Crippen molar-refractivity contribution in [3.05, 3.63) is 24.0 Å². The Labute approximate surface area is 95.0 Å². The molecule has 1 atom stereocenters. The van der Waals surface area contributed by atoms with Gasteiger partial charge in [-0.1, -0.05) is 6.82 Å². The molecule has 1 rings (SSSR count). The highest BCUT2D eigenvalue weighted by Gasteiger charge is 2.13. The number of amides is 1. The summed E-state index contributed by atoms with van der Waals surface area (Å²) in [6.45, 7) is 2.04. The summed E-state index contributed by atoms with van der Waals surface area (Å²) < 4.78 is 6.57. The molecular weight excluding hydrogens is 207 g/mol. The molecule has 1 aromatic rings. The first-order valence-corrected chi connectivity index (χ1v) is 4.93. The second kappa shape index (κ2) is 6.12. The Morgan fingerprint density at radius 1 is 1.75 bits per heavy atom. The Balaban J connectivity index is 2.60. The lowest BCUT2D eigenvalue weighted by atomic mass is 10.0. The Morgan fingerprint density at radius 2 is 2.50 bits per heavy atom. The van der Waals surface area contributed by atoms with Gasteiger partial charge in [-0.2, -0.15) is 0 Å². The van der Waals surface area contributed by atoms with Crippen LogP contribution in [0, 0.1) is 0 Å². The van der Waals surface area contributed by atoms with Crippen molar-refractivity contribution in [1.82, 2.24) is 9.79 Å². The van der Waals surface area contributed by atoms with Crippen molar-refractivity contribution < 1.29 is 14.3 Å². The topological polar surface area (TPSA) is 60.3 Å². The molecule has 0 aromatic carbocycles. The van der Waals surface area contributed by atoms with Gasteiger partial charge in [-0.15, -0.1) is 0 Å². The van der Waals surface area contributed by atoms with Crippen LogP contribution in [0.3, 0.4) is 0 Å². The zero-order valence-electron chi connectivity index (χ0n) is 9.34. The largest absolute Gasteiger partial charge is 0.402 e. The van der Waals surface area contributed by atoms with E-state index in [1.807, 2.05) is 14.2 Å². The fourth-order valence-corrected chi connectivity index (χ4v) is 1.25. The third-order valence-electron chi connectivity index (χ3n) is 2.10. The molecule has 0 saturated carbocycles. The number of ether oxygens (including phenoxy) is 1. The number of nitrogens with zero attached hydrogens (tertiary/aromatic N) is 1. The highest BCUT2D eigenvalue weighted by molar-refractivity contribution is 6.31. The van der Waals surface area contributed by atoms with E-state index in [1.165, 1.54) is 7.11 Å². The maximum Gasteiger partial charge on any atom is 0.253 e. The minimum atomic E-state index is -0.605. The van der Waals surface area contributed by atoms with Gasteiger partial charge in [-0.25, -0.2) is 0 Å². The summed E-state index contributed by atoms with van der Waals surface area (Å²) in [6, 6.07) is 1.08. The molecule has 5 nitrogen and oxygen atoms in total. The van der Waals surface area contributed by atoms with Gasteiger partial charge in [0.1, 0.15) is 12.3 Å². The van der Waals surface area contributed by atoms with E-state index in [2.05, 4.69) is 5.32 Å². The summed E-state index contributed by atoms with van der Waals surface area (Å²) in [5, 5.41) is 2.56. The van der Waals surface area contributed by atoms with Crippen LogP contribution in [0.15, 0.2) is 18.5 Å². The Hall–Kier alpha value is -1.56. The Kier molecular flexibility index (Phi) is 4.79. The minimum absolute atomic E-state index is 0.176. The number of aromatic nitrogens is 1. The lowest BCUT2D eigenvalue weighted by molar-refractivity contribution is -0.110. The maximum atomic E-state index is 11.7. The summed E-state index contributed by atoms with van der Waals surface area (Å²) in [7, 11) is 3.30. The lowest BCUT2D eigenvalue weighted by Gasteiger charge is -2.10. The van der Waals surface area contributed by atoms with Crippen LogP contribution in [0.4, 0.5) is 0 Å². The summed E-state index contributed by atoms with van der Waals surface area (Å²) in [5.74, 6) is -0.283. The van der Waals surface area contributed by atoms with Crippen molar-refractivity contribution in [2.24, 2.45) is 0 Å². The SMILES string of the molecule is C[B]n1ccc(C(=O)NC(C=O)COC)c1. The van der Waals surface area contributed by atoms with E-state index in [9.17, 15) is 9.59 Å². The predicted molar refractivity (Wildman–Crippen MR) is 60.6 cm³/mol. The predicted octanol–water partition coefficient (Wildman–Crippen LogP) is -0.0528. The molecule has 1 amide bonds. The number of rotatable bonds is 6. The maximum absolute atomic E-state index is 11.7. The zero-order chi connectivity index (χ0) is 12.0. The Morgan fingerprint density at radius 3 is 3.00 bits per heavy atom. The molecule has 1 radical (unpaired) electrons. The van der Waals surface area contributed by atoms with Crippen LogP contribution in [0.1, 0.15) is 10.4 Å². The van der Waals surface area contributed by atoms with E-state index in [1.54, 1.807) is 22.9 Å². The monoisotopic (exact) mass is 221 g/mol. The van der Waals surface area contributed by atoms with Gasteiger partial charge < -0.3 is 19.3 Å². The average molecular weight is 221 g/mol. The molecule has 1 heterocycles. The first kappa shape index (κ1) is 12.5. The average Bonchev–Trinajstić information content (AvgIpc) is 2.76. The van der Waals surface area contributed by atoms with E-state index >= 15 is 0 Å². The fraction of sp³-hybridized carbons (Fsp3) is 0.400. The smallest absolute Gasteiger partial charge is 0.253 e. The second-order valence-electron chi connectivity index (χ2n) is 3.28. The zero-order valence-corrected chi connectivity index (χ0v) is 9.34. The van der Waals surface area contributed by atoms with E-state index in [-0.39, 0.29) is 12.5 Å². The number of carbonyl (C=O) groups excluding carboxylic acids is 2. The third kappa shape index (κ3) is 3.24. The van der Waals surface area contributed by atoms with Gasteiger partial charge in [-0.3, -0.25) is 4.79 Å². The van der Waals surface area contributed by atoms with Crippen LogP contribution >= 0.6 is 0 Å². The van der Waals surface area contributed by atoms with Crippen molar-refractivity contribution >= 4 is 19.6 Å². The summed E-state index contributed by atoms with van der Waals surface area (Å²) in [6.07, 6.45) is 4.11. The van der Waals surface area contributed by atoms with E-state index in [0.29, 0.717) is 11.8 Å². The normalized spacial score (nSPS) is 11.9. The molecule has 0 aliphatic heterocycles. The molecule has 85 valence electrons. The molecule has 0 bridgehead atoms. The molecule has 1 aromatic heterocycles. The number of nitrogens with one attached hydrogen (secondary N) is 1. The van der Waals surface area contributed by atoms with Crippen molar-refractivity contribution in [3.8, 4) is 0 Å². The van der Waals surface area contributed by atoms with Gasteiger partial charge >= 0.3 is 0 Å². The first-order valence-electron chi connectivity index (χ1n) is 4.93. The van der Waals surface area contributed by atoms with Crippen molar-refractivity contribution in [3.63, 3.8) is 0 Å². The van der Waals surface area contributed by atoms with E-state index in [4.69, 9.17) is 4.74 Å². The molecule has 6 heteroatoms. The second-order valence-corrected chi connectivity index (χ2v) is 3.28. The highest BCUT2D eigenvalue weighted by Crippen LogP contribution is 2.00. The molecule has 0 aliphatic carbocycles. The van der Waals surface area contributed by atoms with E-state index < -0.39 is 6.04 Å². The number of hydrogen-bond donors (Lipinski definition) is 1.